The number of carbonyl (C=O) groups is 3. The molecule has 11 heteroatoms. The molecule has 1 saturated carbocycles. The van der Waals surface area contributed by atoms with Crippen molar-refractivity contribution >= 4 is 57.3 Å². The Hall–Kier alpha value is -3.76. The van der Waals surface area contributed by atoms with Crippen LogP contribution < -0.4 is 5.32 Å². The zero-order chi connectivity index (χ0) is 30.2. The molecule has 0 radical (unpaired) electrons. The van der Waals surface area contributed by atoms with E-state index in [2.05, 4.69) is 10.3 Å². The highest BCUT2D eigenvalue weighted by atomic mass is 35.5. The molecule has 0 spiro atoms. The minimum Gasteiger partial charge on any atom is -0.481 e. The Bertz CT molecular complexity index is 1700. The maximum atomic E-state index is 16.0. The second kappa shape index (κ2) is 12.1. The van der Waals surface area contributed by atoms with E-state index in [1.54, 1.807) is 17.3 Å². The molecule has 2 fully saturated rings. The van der Waals surface area contributed by atoms with Gasteiger partial charge in [0.05, 0.1) is 28.7 Å². The van der Waals surface area contributed by atoms with E-state index in [-0.39, 0.29) is 40.9 Å². The fourth-order valence-electron chi connectivity index (χ4n) is 6.60. The number of aryl methyl sites for hydroxylation is 2. The first-order valence-corrected chi connectivity index (χ1v) is 15.7. The number of carbonyl (C=O) groups excluding carboxylic acids is 2. The Labute approximate surface area is 257 Å². The minimum atomic E-state index is -1.94. The molecule has 2 N–H and O–H groups in total. The lowest BCUT2D eigenvalue weighted by Gasteiger charge is -2.34. The summed E-state index contributed by atoms with van der Waals surface area (Å²) in [5.74, 6) is -1.56. The first-order valence-electron chi connectivity index (χ1n) is 14.5. The van der Waals surface area contributed by atoms with Crippen LogP contribution in [0.15, 0.2) is 54.9 Å². The number of rotatable bonds is 8. The zero-order valence-electron chi connectivity index (χ0n) is 23.6. The van der Waals surface area contributed by atoms with E-state index in [0.29, 0.717) is 17.7 Å². The highest BCUT2D eigenvalue weighted by molar-refractivity contribution is 7.11. The molecule has 224 valence electrons. The molecule has 2 aromatic heterocycles. The Morgan fingerprint density at radius 1 is 1.19 bits per heavy atom. The fourth-order valence-corrected chi connectivity index (χ4v) is 7.86. The number of carboxylic acids is 1. The number of thiazole rings is 1. The quantitative estimate of drug-likeness (QED) is 0.218. The van der Waals surface area contributed by atoms with Gasteiger partial charge in [-0.05, 0) is 55.4 Å². The molecule has 1 saturated heterocycles. The molecule has 1 aliphatic carbocycles. The van der Waals surface area contributed by atoms with E-state index in [4.69, 9.17) is 16.7 Å². The van der Waals surface area contributed by atoms with Crippen LogP contribution in [0.4, 0.5) is 10.1 Å². The predicted octanol–water partition coefficient (Wildman–Crippen LogP) is 7.10. The van der Waals surface area contributed by atoms with Gasteiger partial charge in [0.25, 0.3) is 11.8 Å². The van der Waals surface area contributed by atoms with Crippen molar-refractivity contribution in [3.63, 3.8) is 0 Å². The van der Waals surface area contributed by atoms with Crippen molar-refractivity contribution in [3.05, 3.63) is 80.9 Å². The second-order valence-electron chi connectivity index (χ2n) is 11.4. The van der Waals surface area contributed by atoms with Gasteiger partial charge in [0.1, 0.15) is 5.01 Å². The van der Waals surface area contributed by atoms with Gasteiger partial charge in [-0.3, -0.25) is 14.4 Å². The number of fused-ring (bicyclic) bond motifs is 2. The van der Waals surface area contributed by atoms with E-state index >= 15 is 4.39 Å². The minimum absolute atomic E-state index is 0.00585. The van der Waals surface area contributed by atoms with Gasteiger partial charge in [-0.1, -0.05) is 48.7 Å². The molecule has 0 bridgehead atoms. The number of nitrogens with one attached hydrogen (secondary N) is 1. The summed E-state index contributed by atoms with van der Waals surface area (Å²) in [7, 11) is 1.87. The van der Waals surface area contributed by atoms with Crippen molar-refractivity contribution in [1.29, 1.82) is 0 Å². The maximum absolute atomic E-state index is 16.0. The summed E-state index contributed by atoms with van der Waals surface area (Å²) in [6, 6.07) is 11.6. The van der Waals surface area contributed by atoms with Crippen LogP contribution in [0.3, 0.4) is 0 Å². The average Bonchev–Trinajstić information content (AvgIpc) is 3.72. The third-order valence-electron chi connectivity index (χ3n) is 8.68. The number of amides is 2. The number of alkyl halides is 1. The molecular weight excluding hydrogens is 591 g/mol. The molecular formula is C32H32ClFN4O4S. The van der Waals surface area contributed by atoms with Crippen LogP contribution in [-0.4, -0.2) is 43.4 Å². The van der Waals surface area contributed by atoms with Crippen LogP contribution in [0.1, 0.15) is 76.5 Å². The lowest BCUT2D eigenvalue weighted by Crippen LogP contribution is -2.42. The molecule has 3 unspecified atom stereocenters. The van der Waals surface area contributed by atoms with Crippen LogP contribution in [0.2, 0.25) is 5.02 Å². The molecule has 1 aliphatic heterocycles. The average molecular weight is 623 g/mol. The second-order valence-corrected chi connectivity index (χ2v) is 12.9. The summed E-state index contributed by atoms with van der Waals surface area (Å²) in [6.45, 7) is 0. The number of aromatic nitrogens is 2. The molecule has 3 heterocycles. The van der Waals surface area contributed by atoms with Crippen LogP contribution in [0.25, 0.3) is 10.9 Å². The van der Waals surface area contributed by atoms with E-state index in [0.717, 1.165) is 52.9 Å². The van der Waals surface area contributed by atoms with E-state index in [1.165, 1.54) is 29.5 Å². The molecule has 2 aromatic carbocycles. The number of likely N-dealkylation sites (tertiary alicyclic amines) is 1. The van der Waals surface area contributed by atoms with Gasteiger partial charge in [0.15, 0.2) is 0 Å². The highest BCUT2D eigenvalue weighted by Crippen LogP contribution is 2.48. The predicted molar refractivity (Wildman–Crippen MR) is 164 cm³/mol. The number of halogens is 2. The lowest BCUT2D eigenvalue weighted by molar-refractivity contribution is -0.141. The molecule has 4 aromatic rings. The van der Waals surface area contributed by atoms with Crippen LogP contribution in [0, 0.1) is 5.92 Å². The van der Waals surface area contributed by atoms with Gasteiger partial charge in [-0.2, -0.15) is 0 Å². The fraction of sp³-hybridized carbons (Fsp3) is 0.375. The Morgan fingerprint density at radius 3 is 2.77 bits per heavy atom. The number of nitrogens with zero attached hydrogens (tertiary/aromatic N) is 3. The summed E-state index contributed by atoms with van der Waals surface area (Å²) in [5.41, 5.74) is 1.86. The molecule has 4 atom stereocenters. The summed E-state index contributed by atoms with van der Waals surface area (Å²) in [4.78, 5) is 45.1. The third-order valence-corrected chi connectivity index (χ3v) is 10.1. The number of hydrogen-bond donors (Lipinski definition) is 2. The largest absolute Gasteiger partial charge is 0.481 e. The van der Waals surface area contributed by atoms with Crippen molar-refractivity contribution in [1.82, 2.24) is 14.5 Å². The summed E-state index contributed by atoms with van der Waals surface area (Å²) >= 11 is 7.92. The van der Waals surface area contributed by atoms with E-state index in [9.17, 15) is 14.4 Å². The van der Waals surface area contributed by atoms with Crippen molar-refractivity contribution < 1.29 is 23.9 Å². The van der Waals surface area contributed by atoms with Gasteiger partial charge in [-0.15, -0.1) is 11.3 Å². The zero-order valence-corrected chi connectivity index (χ0v) is 25.2. The van der Waals surface area contributed by atoms with Crippen molar-refractivity contribution in [3.8, 4) is 0 Å². The summed E-state index contributed by atoms with van der Waals surface area (Å²) in [5, 5.41) is 13.5. The number of carboxylic acid groups (broad SMARTS) is 1. The van der Waals surface area contributed by atoms with Crippen molar-refractivity contribution in [2.24, 2.45) is 13.0 Å². The first kappa shape index (κ1) is 29.3. The number of anilines is 1. The Balaban J connectivity index is 1.21. The molecule has 8 nitrogen and oxygen atoms in total. The number of para-hydroxylation sites is 1. The van der Waals surface area contributed by atoms with Gasteiger partial charge in [-0.25, -0.2) is 9.37 Å². The molecule has 43 heavy (non-hydrogen) atoms. The standard InChI is InChI=1S/C32H32ClFN4O4S/c1-37-17-22(21-7-3-5-9-26(21)37)30(41)36-24-12-10-19(14-23(24)33)29(34)32(42)38-25-8-4-2-6-18(25)15-27(38)31-35-16-20(43-31)11-13-28(39)40/h3,5,7,9-10,12,14,16-18,25,27,29H,2,4,6,8,11,13,15H2,1H3,(H,36,41)(H,39,40)/t18?,25?,27-,29?/m0/s1. The van der Waals surface area contributed by atoms with Gasteiger partial charge >= 0.3 is 5.97 Å². The topological polar surface area (TPSA) is 105 Å². The van der Waals surface area contributed by atoms with Gasteiger partial charge in [0, 0.05) is 41.3 Å². The molecule has 2 amide bonds. The summed E-state index contributed by atoms with van der Waals surface area (Å²) in [6.07, 6.45) is 6.44. The lowest BCUT2D eigenvalue weighted by atomic mass is 9.84. The van der Waals surface area contributed by atoms with Gasteiger partial charge in [0.2, 0.25) is 6.17 Å². The number of benzene rings is 2. The highest BCUT2D eigenvalue weighted by Gasteiger charge is 2.48. The maximum Gasteiger partial charge on any atom is 0.303 e. The SMILES string of the molecule is Cn1cc(C(=O)Nc2ccc(C(F)C(=O)N3C4CCCCC4C[C@H]3c3ncc(CCC(=O)O)s3)cc2Cl)c2ccccc21. The van der Waals surface area contributed by atoms with E-state index < -0.39 is 18.0 Å². The normalized spacial score (nSPS) is 20.6. The summed E-state index contributed by atoms with van der Waals surface area (Å²) < 4.78 is 17.9. The molecule has 2 aliphatic rings. The van der Waals surface area contributed by atoms with Crippen LogP contribution >= 0.6 is 22.9 Å². The Morgan fingerprint density at radius 2 is 1.98 bits per heavy atom. The monoisotopic (exact) mass is 622 g/mol. The first-order chi connectivity index (χ1) is 20.7. The van der Waals surface area contributed by atoms with Crippen LogP contribution in [0.5, 0.6) is 0 Å². The number of hydrogen-bond acceptors (Lipinski definition) is 5. The smallest absolute Gasteiger partial charge is 0.303 e. The van der Waals surface area contributed by atoms with Crippen molar-refractivity contribution in [2.75, 3.05) is 5.32 Å². The van der Waals surface area contributed by atoms with Crippen LogP contribution in [-0.2, 0) is 23.1 Å². The van der Waals surface area contributed by atoms with E-state index in [1.807, 2.05) is 35.9 Å². The number of aliphatic carboxylic acids is 1. The third kappa shape index (κ3) is 5.78. The van der Waals surface area contributed by atoms with Gasteiger partial charge < -0.3 is 19.9 Å². The molecule has 6 rings (SSSR count). The Kier molecular flexibility index (Phi) is 8.24. The van der Waals surface area contributed by atoms with Crippen molar-refractivity contribution in [2.45, 2.75) is 63.2 Å².